The summed E-state index contributed by atoms with van der Waals surface area (Å²) in [6.07, 6.45) is 3.62. The summed E-state index contributed by atoms with van der Waals surface area (Å²) in [5, 5.41) is 6.33. The molecule has 130 valence electrons. The molecule has 2 aromatic carbocycles. The lowest BCUT2D eigenvalue weighted by Gasteiger charge is -2.12. The molecule has 0 saturated heterocycles. The molecule has 4 aromatic rings. The number of pyridine rings is 2. The van der Waals surface area contributed by atoms with Gasteiger partial charge in [-0.05, 0) is 35.7 Å². The van der Waals surface area contributed by atoms with Crippen LogP contribution in [0.2, 0.25) is 0 Å². The first-order chi connectivity index (χ1) is 12.7. The highest BCUT2D eigenvalue weighted by molar-refractivity contribution is 9.10. The average molecular weight is 410 g/mol. The van der Waals surface area contributed by atoms with Crippen LogP contribution < -0.4 is 14.8 Å². The van der Waals surface area contributed by atoms with Crippen molar-refractivity contribution in [2.45, 2.75) is 0 Å². The lowest BCUT2D eigenvalue weighted by atomic mass is 10.1. The highest BCUT2D eigenvalue weighted by atomic mass is 79.9. The molecule has 1 N–H and O–H groups in total. The molecular weight excluding hydrogens is 394 g/mol. The normalized spacial score (nSPS) is 10.9. The molecule has 0 atom stereocenters. The average Bonchev–Trinajstić information content (AvgIpc) is 2.67. The predicted molar refractivity (Wildman–Crippen MR) is 108 cm³/mol. The topological polar surface area (TPSA) is 56.3 Å². The lowest BCUT2D eigenvalue weighted by Crippen LogP contribution is -1.96. The van der Waals surface area contributed by atoms with Crippen LogP contribution in [0, 0.1) is 0 Å². The van der Waals surface area contributed by atoms with Gasteiger partial charge in [-0.25, -0.2) is 4.98 Å². The van der Waals surface area contributed by atoms with Crippen molar-refractivity contribution in [2.75, 3.05) is 19.5 Å². The molecule has 0 spiro atoms. The Labute approximate surface area is 159 Å². The van der Waals surface area contributed by atoms with E-state index in [9.17, 15) is 0 Å². The van der Waals surface area contributed by atoms with E-state index in [4.69, 9.17) is 9.47 Å². The van der Waals surface area contributed by atoms with Crippen LogP contribution >= 0.6 is 15.9 Å². The van der Waals surface area contributed by atoms with Gasteiger partial charge in [-0.3, -0.25) is 4.98 Å². The van der Waals surface area contributed by atoms with Gasteiger partial charge in [-0.1, -0.05) is 22.0 Å². The zero-order valence-electron chi connectivity index (χ0n) is 14.3. The van der Waals surface area contributed by atoms with Crippen LogP contribution in [0.1, 0.15) is 0 Å². The van der Waals surface area contributed by atoms with Gasteiger partial charge in [0, 0.05) is 39.4 Å². The SMILES string of the molecule is COc1cc2ncc3c(Nc4cccc(Br)c4)nccc3c2cc1OC. The van der Waals surface area contributed by atoms with Crippen molar-refractivity contribution in [1.29, 1.82) is 0 Å². The molecule has 0 aliphatic carbocycles. The van der Waals surface area contributed by atoms with E-state index in [1.165, 1.54) is 0 Å². The highest BCUT2D eigenvalue weighted by Crippen LogP contribution is 2.36. The summed E-state index contributed by atoms with van der Waals surface area (Å²) in [6.45, 7) is 0. The standard InChI is InChI=1S/C20H16BrN3O2/c1-25-18-9-15-14-6-7-22-20(24-13-5-3-4-12(21)8-13)16(14)11-23-17(15)10-19(18)26-2/h3-11H,1-2H3,(H,22,24). The van der Waals surface area contributed by atoms with Crippen molar-refractivity contribution >= 4 is 49.1 Å². The lowest BCUT2D eigenvalue weighted by molar-refractivity contribution is 0.356. The summed E-state index contributed by atoms with van der Waals surface area (Å²) in [6, 6.07) is 13.8. The summed E-state index contributed by atoms with van der Waals surface area (Å²) in [4.78, 5) is 9.08. The first kappa shape index (κ1) is 16.6. The Bertz CT molecular complexity index is 1110. The molecule has 0 radical (unpaired) electrons. The van der Waals surface area contributed by atoms with Crippen molar-refractivity contribution in [3.63, 3.8) is 0 Å². The van der Waals surface area contributed by atoms with Crippen LogP contribution in [-0.2, 0) is 0 Å². The minimum Gasteiger partial charge on any atom is -0.493 e. The summed E-state index contributed by atoms with van der Waals surface area (Å²) in [5.74, 6) is 2.09. The zero-order chi connectivity index (χ0) is 18.1. The van der Waals surface area contributed by atoms with Gasteiger partial charge in [0.25, 0.3) is 0 Å². The molecule has 0 amide bonds. The molecule has 0 saturated carbocycles. The molecule has 0 fully saturated rings. The fourth-order valence-corrected chi connectivity index (χ4v) is 3.37. The number of halogens is 1. The van der Waals surface area contributed by atoms with E-state index in [1.54, 1.807) is 20.4 Å². The molecule has 6 heteroatoms. The van der Waals surface area contributed by atoms with Crippen LogP contribution in [0.15, 0.2) is 59.3 Å². The second-order valence-corrected chi connectivity index (χ2v) is 6.65. The van der Waals surface area contributed by atoms with E-state index in [0.717, 1.165) is 37.7 Å². The van der Waals surface area contributed by atoms with E-state index in [-0.39, 0.29) is 0 Å². The fourth-order valence-electron chi connectivity index (χ4n) is 2.97. The molecule has 26 heavy (non-hydrogen) atoms. The van der Waals surface area contributed by atoms with Gasteiger partial charge >= 0.3 is 0 Å². The van der Waals surface area contributed by atoms with E-state index >= 15 is 0 Å². The van der Waals surface area contributed by atoms with Crippen molar-refractivity contribution in [1.82, 2.24) is 9.97 Å². The number of methoxy groups -OCH3 is 2. The molecule has 5 nitrogen and oxygen atoms in total. The second-order valence-electron chi connectivity index (χ2n) is 5.74. The Morgan fingerprint density at radius 3 is 2.46 bits per heavy atom. The van der Waals surface area contributed by atoms with Gasteiger partial charge in [0.2, 0.25) is 0 Å². The number of ether oxygens (including phenoxy) is 2. The smallest absolute Gasteiger partial charge is 0.162 e. The Hall–Kier alpha value is -2.86. The van der Waals surface area contributed by atoms with Gasteiger partial charge in [0.05, 0.1) is 19.7 Å². The summed E-state index contributed by atoms with van der Waals surface area (Å²) in [5.41, 5.74) is 1.79. The van der Waals surface area contributed by atoms with Gasteiger partial charge in [0.15, 0.2) is 11.5 Å². The monoisotopic (exact) mass is 409 g/mol. The summed E-state index contributed by atoms with van der Waals surface area (Å²) in [7, 11) is 3.25. The molecule has 0 unspecified atom stereocenters. The van der Waals surface area contributed by atoms with E-state index in [2.05, 4.69) is 31.2 Å². The van der Waals surface area contributed by atoms with Crippen molar-refractivity contribution in [2.24, 2.45) is 0 Å². The first-order valence-electron chi connectivity index (χ1n) is 8.01. The quantitative estimate of drug-likeness (QED) is 0.463. The Morgan fingerprint density at radius 2 is 1.69 bits per heavy atom. The predicted octanol–water partition coefficient (Wildman–Crippen LogP) is 5.31. The fraction of sp³-hybridized carbons (Fsp3) is 0.100. The third-order valence-corrected chi connectivity index (χ3v) is 4.70. The van der Waals surface area contributed by atoms with Gasteiger partial charge in [-0.2, -0.15) is 0 Å². The number of aromatic nitrogens is 2. The molecule has 4 rings (SSSR count). The Kier molecular flexibility index (Phi) is 4.34. The number of anilines is 2. The number of nitrogens with zero attached hydrogens (tertiary/aromatic N) is 2. The highest BCUT2D eigenvalue weighted by Gasteiger charge is 2.12. The molecular formula is C20H16BrN3O2. The number of fused-ring (bicyclic) bond motifs is 3. The molecule has 2 heterocycles. The molecule has 0 bridgehead atoms. The summed E-state index contributed by atoms with van der Waals surface area (Å²) < 4.78 is 11.8. The van der Waals surface area contributed by atoms with Crippen LogP contribution in [0.4, 0.5) is 11.5 Å². The Morgan fingerprint density at radius 1 is 0.885 bits per heavy atom. The largest absolute Gasteiger partial charge is 0.493 e. The van der Waals surface area contributed by atoms with Crippen molar-refractivity contribution in [3.8, 4) is 11.5 Å². The molecule has 2 aromatic heterocycles. The number of rotatable bonds is 4. The molecule has 0 aliphatic rings. The van der Waals surface area contributed by atoms with Crippen LogP contribution in [-0.4, -0.2) is 24.2 Å². The van der Waals surface area contributed by atoms with Gasteiger partial charge in [0.1, 0.15) is 5.82 Å². The molecule has 0 aliphatic heterocycles. The van der Waals surface area contributed by atoms with Crippen LogP contribution in [0.25, 0.3) is 21.7 Å². The number of nitrogens with one attached hydrogen (secondary N) is 1. The number of hydrogen-bond acceptors (Lipinski definition) is 5. The van der Waals surface area contributed by atoms with Crippen molar-refractivity contribution < 1.29 is 9.47 Å². The first-order valence-corrected chi connectivity index (χ1v) is 8.81. The maximum absolute atomic E-state index is 5.44. The maximum atomic E-state index is 5.44. The van der Waals surface area contributed by atoms with E-state index < -0.39 is 0 Å². The minimum atomic E-state index is 0.661. The van der Waals surface area contributed by atoms with Gasteiger partial charge in [-0.15, -0.1) is 0 Å². The van der Waals surface area contributed by atoms with Crippen molar-refractivity contribution in [3.05, 3.63) is 59.3 Å². The summed E-state index contributed by atoms with van der Waals surface area (Å²) >= 11 is 3.49. The maximum Gasteiger partial charge on any atom is 0.162 e. The third kappa shape index (κ3) is 2.93. The van der Waals surface area contributed by atoms with E-state index in [1.807, 2.05) is 48.7 Å². The van der Waals surface area contributed by atoms with E-state index in [0.29, 0.717) is 11.5 Å². The minimum absolute atomic E-state index is 0.661. The van der Waals surface area contributed by atoms with Crippen LogP contribution in [0.5, 0.6) is 11.5 Å². The number of hydrogen-bond donors (Lipinski definition) is 1. The van der Waals surface area contributed by atoms with Gasteiger partial charge < -0.3 is 14.8 Å². The second kappa shape index (κ2) is 6.80. The zero-order valence-corrected chi connectivity index (χ0v) is 15.9. The third-order valence-electron chi connectivity index (χ3n) is 4.20. The number of benzene rings is 2. The van der Waals surface area contributed by atoms with Crippen LogP contribution in [0.3, 0.4) is 0 Å². The Balaban J connectivity index is 1.90.